The van der Waals surface area contributed by atoms with Gasteiger partial charge in [-0.05, 0) is 51.5 Å². The Kier molecular flexibility index (Phi) is 22.5. The number of ether oxygens (including phenoxy) is 9. The first-order valence-corrected chi connectivity index (χ1v) is 29.8. The molecule has 6 saturated heterocycles. The van der Waals surface area contributed by atoms with Crippen molar-refractivity contribution >= 4 is 29.3 Å². The molecule has 20 nitrogen and oxygen atoms in total. The Balaban J connectivity index is 1.19. The SMILES string of the molecule is C=C(Cl)/C=C/[C@H](O)CC(=C)C[C@H]1OC2[C@@H](O)[C@]3(O)C[C@@H](O)[C@H](C)[C@H](CCC/C=C\[C@@H]4C[C@@H](O)C[C@]5(C[C@H](OC)CC(CC(=O)[C@@H](C)[C@H](OC(C)=O)[C@@H](C)C(=C)C[C@@H]6C[C@@](C)(O)C[C@]7(C[C@H](O)CC(CC(=O)O[C@@H]([C@@H]1O)[C@H]2C)O7)O6)O5)O4)O3. The topological polar surface area (TPSA) is 296 Å². The average molecular weight is 1180 g/mol. The summed E-state index contributed by atoms with van der Waals surface area (Å²) in [5.41, 5.74) is -0.438. The van der Waals surface area contributed by atoms with Crippen molar-refractivity contribution < 1.29 is 97.9 Å². The Morgan fingerprint density at radius 3 is 2.21 bits per heavy atom. The molecule has 0 aromatic heterocycles. The molecule has 0 aliphatic carbocycles. The first-order chi connectivity index (χ1) is 38.4. The number of carbonyl (C=O) groups is 3. The van der Waals surface area contributed by atoms with Crippen molar-refractivity contribution in [3.8, 4) is 0 Å². The van der Waals surface area contributed by atoms with Gasteiger partial charge in [-0.25, -0.2) is 0 Å². The smallest absolute Gasteiger partial charge is 0.308 e. The van der Waals surface area contributed by atoms with E-state index < -0.39 is 163 Å². The van der Waals surface area contributed by atoms with Crippen LogP contribution in [-0.2, 0) is 57.0 Å². The zero-order valence-corrected chi connectivity index (χ0v) is 49.6. The number of fused-ring (bicyclic) bond motifs is 8. The Bertz CT molecular complexity index is 2310. The molecule has 82 heavy (non-hydrogen) atoms. The molecular weight excluding hydrogens is 1090 g/mol. The van der Waals surface area contributed by atoms with Crippen LogP contribution in [0.1, 0.15) is 151 Å². The quantitative estimate of drug-likeness (QED) is 0.0864. The molecule has 24 atom stereocenters. The zero-order valence-electron chi connectivity index (χ0n) is 48.9. The minimum absolute atomic E-state index is 0.00951. The van der Waals surface area contributed by atoms with Gasteiger partial charge in [0.05, 0.1) is 91.2 Å². The Hall–Kier alpha value is -3.00. The molecule has 7 heterocycles. The number of aliphatic hydroxyl groups is 8. The number of ketones is 1. The number of aliphatic hydroxyl groups excluding tert-OH is 6. The molecule has 6 fully saturated rings. The Labute approximate surface area is 487 Å². The van der Waals surface area contributed by atoms with Gasteiger partial charge in [0, 0.05) is 101 Å². The predicted molar refractivity (Wildman–Crippen MR) is 298 cm³/mol. The van der Waals surface area contributed by atoms with Crippen molar-refractivity contribution in [2.75, 3.05) is 7.11 Å². The van der Waals surface area contributed by atoms with E-state index in [1.54, 1.807) is 41.7 Å². The van der Waals surface area contributed by atoms with Crippen molar-refractivity contribution in [2.45, 2.75) is 271 Å². The summed E-state index contributed by atoms with van der Waals surface area (Å²) in [5, 5.41) is 93.6. The second-order valence-corrected chi connectivity index (χ2v) is 25.8. The molecule has 7 aliphatic heterocycles. The normalized spacial score (nSPS) is 45.8. The lowest BCUT2D eigenvalue weighted by Gasteiger charge is -2.52. The van der Waals surface area contributed by atoms with E-state index >= 15 is 0 Å². The fourth-order valence-electron chi connectivity index (χ4n) is 13.8. The monoisotopic (exact) mass is 1180 g/mol. The predicted octanol–water partition coefficient (Wildman–Crippen LogP) is 5.34. The number of hydrogen-bond acceptors (Lipinski definition) is 20. The summed E-state index contributed by atoms with van der Waals surface area (Å²) in [6.07, 6.45) is -8.40. The molecule has 2 spiro atoms. The van der Waals surface area contributed by atoms with Crippen molar-refractivity contribution in [2.24, 2.45) is 23.7 Å². The minimum Gasteiger partial charge on any atom is -0.461 e. The van der Waals surface area contributed by atoms with Crippen LogP contribution in [0.25, 0.3) is 0 Å². The summed E-state index contributed by atoms with van der Waals surface area (Å²) in [6, 6.07) is 0. The molecule has 464 valence electrons. The number of hydrogen-bond donors (Lipinski definition) is 8. The molecule has 10 bridgehead atoms. The van der Waals surface area contributed by atoms with Crippen LogP contribution in [0.15, 0.2) is 60.2 Å². The molecule has 7 aliphatic rings. The van der Waals surface area contributed by atoms with E-state index in [-0.39, 0.29) is 81.1 Å². The number of Topliss-reactive ketones (excluding diaryl/α,β-unsaturated/α-hetero) is 1. The van der Waals surface area contributed by atoms with E-state index in [1.807, 2.05) is 12.2 Å². The van der Waals surface area contributed by atoms with Gasteiger partial charge in [-0.2, -0.15) is 0 Å². The Morgan fingerprint density at radius 2 is 1.51 bits per heavy atom. The highest BCUT2D eigenvalue weighted by atomic mass is 35.5. The van der Waals surface area contributed by atoms with Crippen LogP contribution in [0.3, 0.4) is 0 Å². The van der Waals surface area contributed by atoms with E-state index in [2.05, 4.69) is 19.7 Å². The summed E-state index contributed by atoms with van der Waals surface area (Å²) < 4.78 is 57.3. The molecule has 0 amide bonds. The average Bonchev–Trinajstić information content (AvgIpc) is 2.93. The number of esters is 2. The maximum atomic E-state index is 14.4. The fourth-order valence-corrected chi connectivity index (χ4v) is 13.9. The minimum atomic E-state index is -2.39. The molecule has 7 rings (SSSR count). The van der Waals surface area contributed by atoms with Crippen LogP contribution in [0.5, 0.6) is 0 Å². The van der Waals surface area contributed by atoms with Gasteiger partial charge in [0.2, 0.25) is 0 Å². The van der Waals surface area contributed by atoms with Gasteiger partial charge in [0.25, 0.3) is 0 Å². The highest BCUT2D eigenvalue weighted by Crippen LogP contribution is 2.48. The van der Waals surface area contributed by atoms with Gasteiger partial charge in [0.15, 0.2) is 17.4 Å². The number of carbonyl (C=O) groups excluding carboxylic acids is 3. The molecule has 21 heteroatoms. The molecule has 3 unspecified atom stereocenters. The Morgan fingerprint density at radius 1 is 0.841 bits per heavy atom. The summed E-state index contributed by atoms with van der Waals surface area (Å²) in [6.45, 7) is 21.8. The second kappa shape index (κ2) is 27.8. The van der Waals surface area contributed by atoms with Gasteiger partial charge in [-0.1, -0.05) is 88.4 Å². The maximum absolute atomic E-state index is 14.4. The van der Waals surface area contributed by atoms with E-state index in [4.69, 9.17) is 54.2 Å². The first kappa shape index (κ1) is 66.5. The van der Waals surface area contributed by atoms with Crippen LogP contribution in [0.4, 0.5) is 0 Å². The molecule has 0 aromatic carbocycles. The third-order valence-electron chi connectivity index (χ3n) is 18.0. The second-order valence-electron chi connectivity index (χ2n) is 25.4. The summed E-state index contributed by atoms with van der Waals surface area (Å²) >= 11 is 5.88. The lowest BCUT2D eigenvalue weighted by molar-refractivity contribution is -0.351. The summed E-state index contributed by atoms with van der Waals surface area (Å²) in [7, 11) is 1.58. The third-order valence-corrected chi connectivity index (χ3v) is 18.1. The molecule has 8 N–H and O–H groups in total. The highest BCUT2D eigenvalue weighted by Gasteiger charge is 2.58. The van der Waals surface area contributed by atoms with Gasteiger partial charge in [0.1, 0.15) is 30.2 Å². The molecule has 0 saturated carbocycles. The van der Waals surface area contributed by atoms with Crippen LogP contribution in [0, 0.1) is 23.7 Å². The van der Waals surface area contributed by atoms with E-state index in [9.17, 15) is 55.2 Å². The maximum Gasteiger partial charge on any atom is 0.308 e. The van der Waals surface area contributed by atoms with E-state index in [0.29, 0.717) is 43.3 Å². The molecule has 0 radical (unpaired) electrons. The van der Waals surface area contributed by atoms with Crippen LogP contribution in [-0.4, -0.2) is 186 Å². The van der Waals surface area contributed by atoms with Crippen LogP contribution >= 0.6 is 11.6 Å². The van der Waals surface area contributed by atoms with Crippen LogP contribution in [0.2, 0.25) is 0 Å². The van der Waals surface area contributed by atoms with Gasteiger partial charge >= 0.3 is 11.9 Å². The van der Waals surface area contributed by atoms with Gasteiger partial charge in [-0.3, -0.25) is 14.4 Å². The van der Waals surface area contributed by atoms with Crippen LogP contribution < -0.4 is 0 Å². The van der Waals surface area contributed by atoms with Gasteiger partial charge in [-0.15, -0.1) is 0 Å². The largest absolute Gasteiger partial charge is 0.461 e. The standard InChI is InChI=1S/C61H93ClO20/c1-32(18-40(64)17-16-34(3)62)19-51-53(70)55-38(7)56(76-51)57(71)61(73)30-49(68)36(5)50(82-61)15-13-11-12-14-43-21-41(65)26-59(78-43)29-46(74-10)23-45(79-59)24-48(67)37(6)54(75-39(8)63)35(4)33(2)20-47-28-58(9,72)31-60(81-47)27-42(66)22-44(80-60)25-52(69)77-55/h12,14,16-17,35-38,40-47,49-51,53-57,64-66,68,70-73H,1-3,11,13,15,18-31H2,4-10H3/b14-12-,17-16+/t35-,36-,37+,38+,40-,41+,42+,43+,44?,45?,46+,47+,49+,50-,51+,53+,54+,55+,56?,57+,58+,59-,60-,61-/m0/s1. The third kappa shape index (κ3) is 16.9. The fraction of sp³-hybridized carbons (Fsp3) is 0.787. The number of allylic oxidation sites excluding steroid dienone is 3. The summed E-state index contributed by atoms with van der Waals surface area (Å²) in [4.78, 5) is 41.4. The lowest BCUT2D eigenvalue weighted by Crippen LogP contribution is -2.65. The van der Waals surface area contributed by atoms with E-state index in [1.165, 1.54) is 19.1 Å². The van der Waals surface area contributed by atoms with Crippen molar-refractivity contribution in [3.63, 3.8) is 0 Å². The summed E-state index contributed by atoms with van der Waals surface area (Å²) in [5.74, 6) is -9.90. The number of halogens is 1. The van der Waals surface area contributed by atoms with Crippen molar-refractivity contribution in [1.29, 1.82) is 0 Å². The lowest BCUT2D eigenvalue weighted by atomic mass is 9.78. The molecule has 0 aromatic rings. The van der Waals surface area contributed by atoms with E-state index in [0.717, 1.165) is 0 Å². The van der Waals surface area contributed by atoms with Crippen molar-refractivity contribution in [1.82, 2.24) is 0 Å². The van der Waals surface area contributed by atoms with Gasteiger partial charge < -0.3 is 83.5 Å². The zero-order chi connectivity index (χ0) is 60.2. The van der Waals surface area contributed by atoms with Crippen molar-refractivity contribution in [3.05, 3.63) is 60.2 Å². The number of rotatable bonds is 8. The first-order valence-electron chi connectivity index (χ1n) is 29.4. The number of methoxy groups -OCH3 is 1. The highest BCUT2D eigenvalue weighted by molar-refractivity contribution is 6.30. The molecular formula is C61H93ClO20.